The van der Waals surface area contributed by atoms with E-state index in [2.05, 4.69) is 33.9 Å². The average Bonchev–Trinajstić information content (AvgIpc) is 3.77. The van der Waals surface area contributed by atoms with Gasteiger partial charge in [-0.05, 0) is 111 Å². The van der Waals surface area contributed by atoms with Gasteiger partial charge in [-0.15, -0.1) is 0 Å². The predicted octanol–water partition coefficient (Wildman–Crippen LogP) is 5.79. The Labute approximate surface area is 253 Å². The number of aryl methyl sites for hydroxylation is 1. The summed E-state index contributed by atoms with van der Waals surface area (Å²) in [5.41, 5.74) is 2.45. The van der Waals surface area contributed by atoms with Crippen molar-refractivity contribution in [3.63, 3.8) is 0 Å². The van der Waals surface area contributed by atoms with Gasteiger partial charge in [0.2, 0.25) is 5.91 Å². The lowest BCUT2D eigenvalue weighted by molar-refractivity contribution is -0.124. The summed E-state index contributed by atoms with van der Waals surface area (Å²) >= 11 is 6.40. The highest BCUT2D eigenvalue weighted by molar-refractivity contribution is 7.90. The van der Waals surface area contributed by atoms with E-state index in [1.165, 1.54) is 11.1 Å². The molecule has 2 bridgehead atoms. The lowest BCUT2D eigenvalue weighted by Crippen LogP contribution is -2.49. The van der Waals surface area contributed by atoms with Crippen molar-refractivity contribution in [1.82, 2.24) is 4.72 Å². The molecule has 0 radical (unpaired) electrons. The van der Waals surface area contributed by atoms with Crippen molar-refractivity contribution in [2.75, 3.05) is 31.7 Å². The number of nitrogens with zero attached hydrogens (tertiary/aromatic N) is 1. The maximum absolute atomic E-state index is 13.6. The van der Waals surface area contributed by atoms with Gasteiger partial charge in [0.15, 0.2) is 0 Å². The zero-order chi connectivity index (χ0) is 29.1. The zero-order valence-electron chi connectivity index (χ0n) is 24.1. The van der Waals surface area contributed by atoms with Gasteiger partial charge < -0.3 is 14.4 Å². The first-order chi connectivity index (χ1) is 20.2. The summed E-state index contributed by atoms with van der Waals surface area (Å²) < 4.78 is 42.1. The number of hydrogen-bond acceptors (Lipinski definition) is 6. The largest absolute Gasteiger partial charge is 0.490 e. The molecule has 2 fully saturated rings. The highest BCUT2D eigenvalue weighted by Crippen LogP contribution is 2.51. The number of carbonyl (C=O) groups excluding carboxylic acids is 1. The minimum absolute atomic E-state index is 0.0153. The summed E-state index contributed by atoms with van der Waals surface area (Å²) in [6, 6.07) is 11.3. The van der Waals surface area contributed by atoms with Crippen LogP contribution in [0.1, 0.15) is 62.5 Å². The molecule has 0 saturated heterocycles. The van der Waals surface area contributed by atoms with Crippen LogP contribution in [-0.2, 0) is 31.4 Å². The molecule has 1 N–H and O–H groups in total. The van der Waals surface area contributed by atoms with Crippen molar-refractivity contribution in [3.05, 3.63) is 64.7 Å². The van der Waals surface area contributed by atoms with E-state index in [1.54, 1.807) is 25.3 Å². The molecule has 7 nitrogen and oxygen atoms in total. The van der Waals surface area contributed by atoms with Gasteiger partial charge in [-0.1, -0.05) is 29.8 Å². The van der Waals surface area contributed by atoms with Crippen molar-refractivity contribution < 1.29 is 22.7 Å². The lowest BCUT2D eigenvalue weighted by atomic mass is 9.68. The van der Waals surface area contributed by atoms with Gasteiger partial charge in [0.1, 0.15) is 5.75 Å². The van der Waals surface area contributed by atoms with E-state index in [4.69, 9.17) is 21.1 Å². The molecule has 42 heavy (non-hydrogen) atoms. The van der Waals surface area contributed by atoms with Crippen LogP contribution >= 0.6 is 11.6 Å². The molecule has 224 valence electrons. The normalized spacial score (nSPS) is 32.0. The Morgan fingerprint density at radius 1 is 1.07 bits per heavy atom. The van der Waals surface area contributed by atoms with E-state index in [1.807, 2.05) is 6.07 Å². The van der Waals surface area contributed by atoms with Crippen LogP contribution in [-0.4, -0.2) is 47.2 Å². The molecule has 5 aliphatic rings. The first kappa shape index (κ1) is 28.2. The molecule has 9 heteroatoms. The monoisotopic (exact) mass is 610 g/mol. The van der Waals surface area contributed by atoms with Gasteiger partial charge in [0.05, 0.1) is 28.7 Å². The quantitative estimate of drug-likeness (QED) is 0.412. The van der Waals surface area contributed by atoms with Gasteiger partial charge in [-0.25, -0.2) is 13.1 Å². The van der Waals surface area contributed by atoms with Crippen molar-refractivity contribution in [3.8, 4) is 5.75 Å². The van der Waals surface area contributed by atoms with E-state index in [0.717, 1.165) is 55.8 Å². The number of ether oxygens (including phenoxy) is 2. The SMILES string of the molecule is CO[C@@H]1/C=C/CCC2(CC2)C(=O)NS(=O)(=O)c2ccc3c(c2)N(C[C@@H]2CC[C@H]21)C[C@@]1(CCCc2cc(Cl)ccc21)CO3. The second kappa shape index (κ2) is 10.6. The zero-order valence-corrected chi connectivity index (χ0v) is 25.7. The fraction of sp³-hybridized carbons (Fsp3) is 0.545. The van der Waals surface area contributed by atoms with Crippen molar-refractivity contribution in [1.29, 1.82) is 0 Å². The topological polar surface area (TPSA) is 84.9 Å². The van der Waals surface area contributed by atoms with Gasteiger partial charge in [-0.2, -0.15) is 0 Å². The number of benzene rings is 2. The molecule has 2 spiro atoms. The third kappa shape index (κ3) is 4.93. The number of methoxy groups -OCH3 is 1. The van der Waals surface area contributed by atoms with Crippen LogP contribution in [0.3, 0.4) is 0 Å². The Balaban J connectivity index is 1.31. The van der Waals surface area contributed by atoms with E-state index >= 15 is 0 Å². The molecule has 2 saturated carbocycles. The van der Waals surface area contributed by atoms with E-state index in [-0.39, 0.29) is 16.4 Å². The Morgan fingerprint density at radius 3 is 2.69 bits per heavy atom. The Kier molecular flexibility index (Phi) is 7.10. The molecule has 2 aromatic rings. The number of nitrogens with one attached hydrogen (secondary N) is 1. The predicted molar refractivity (Wildman–Crippen MR) is 163 cm³/mol. The lowest BCUT2D eigenvalue weighted by Gasteiger charge is -2.46. The number of hydrogen-bond donors (Lipinski definition) is 1. The molecular weight excluding hydrogens is 572 g/mol. The van der Waals surface area contributed by atoms with E-state index < -0.39 is 21.3 Å². The number of sulfonamides is 1. The summed E-state index contributed by atoms with van der Waals surface area (Å²) in [5.74, 6) is 1.06. The standard InChI is InChI=1S/C33H39ClN2O5S/c1-40-29-6-2-3-13-32(15-16-32)31(37)35-42(38,39)25-9-12-30-28(18-25)36(19-23-7-10-26(23)29)20-33(21-41-30)14-4-5-22-17-24(34)8-11-27(22)33/h2,6,8-9,11-12,17-18,23,26,29H,3-5,7,10,13-16,19-21H2,1H3,(H,35,37)/b6-2+/t23-,26+,29+,33-/m0/s1. The van der Waals surface area contributed by atoms with Crippen molar-refractivity contribution >= 4 is 33.2 Å². The highest BCUT2D eigenvalue weighted by Gasteiger charge is 2.50. The summed E-state index contributed by atoms with van der Waals surface area (Å²) in [5, 5.41) is 0.745. The fourth-order valence-corrected chi connectivity index (χ4v) is 9.10. The molecule has 4 atom stereocenters. The third-order valence-corrected chi connectivity index (χ3v) is 12.2. The molecule has 2 aromatic carbocycles. The minimum Gasteiger partial charge on any atom is -0.490 e. The van der Waals surface area contributed by atoms with Gasteiger partial charge in [0, 0.05) is 30.6 Å². The summed E-state index contributed by atoms with van der Waals surface area (Å²) in [4.78, 5) is 15.7. The smallest absolute Gasteiger partial charge is 0.264 e. The number of halogens is 1. The first-order valence-corrected chi connectivity index (χ1v) is 17.2. The van der Waals surface area contributed by atoms with Crippen LogP contribution in [0, 0.1) is 17.3 Å². The van der Waals surface area contributed by atoms with Crippen LogP contribution in [0.5, 0.6) is 5.75 Å². The number of rotatable bonds is 1. The molecule has 2 heterocycles. The fourth-order valence-electron chi connectivity index (χ4n) is 7.81. The van der Waals surface area contributed by atoms with E-state index in [0.29, 0.717) is 50.0 Å². The Bertz CT molecular complexity index is 1540. The summed E-state index contributed by atoms with van der Waals surface area (Å²) in [6.07, 6.45) is 12.3. The van der Waals surface area contributed by atoms with Crippen LogP contribution < -0.4 is 14.4 Å². The third-order valence-electron chi connectivity index (χ3n) is 10.6. The molecule has 7 rings (SSSR count). The summed E-state index contributed by atoms with van der Waals surface area (Å²) in [6.45, 7) is 2.00. The number of allylic oxidation sites excluding steroid dienone is 1. The summed E-state index contributed by atoms with van der Waals surface area (Å²) in [7, 11) is -2.27. The van der Waals surface area contributed by atoms with Crippen LogP contribution in [0.2, 0.25) is 5.02 Å². The Morgan fingerprint density at radius 2 is 1.93 bits per heavy atom. The molecular formula is C33H39ClN2O5S. The van der Waals surface area contributed by atoms with Gasteiger partial charge >= 0.3 is 0 Å². The second-order valence-corrected chi connectivity index (χ2v) is 15.2. The molecule has 0 aromatic heterocycles. The minimum atomic E-state index is -4.05. The van der Waals surface area contributed by atoms with Crippen molar-refractivity contribution in [2.45, 2.75) is 74.2 Å². The van der Waals surface area contributed by atoms with Crippen LogP contribution in [0.4, 0.5) is 5.69 Å². The van der Waals surface area contributed by atoms with E-state index in [9.17, 15) is 13.2 Å². The van der Waals surface area contributed by atoms with Crippen LogP contribution in [0.25, 0.3) is 0 Å². The van der Waals surface area contributed by atoms with Crippen molar-refractivity contribution in [2.24, 2.45) is 17.3 Å². The molecule has 2 aliphatic heterocycles. The second-order valence-electron chi connectivity index (χ2n) is 13.1. The number of anilines is 1. The highest BCUT2D eigenvalue weighted by atomic mass is 35.5. The number of amides is 1. The number of carbonyl (C=O) groups is 1. The molecule has 0 unspecified atom stereocenters. The van der Waals surface area contributed by atoms with Gasteiger partial charge in [-0.3, -0.25) is 4.79 Å². The maximum Gasteiger partial charge on any atom is 0.264 e. The number of fused-ring (bicyclic) bond motifs is 4. The Hall–Kier alpha value is -2.55. The molecule has 3 aliphatic carbocycles. The molecule has 1 amide bonds. The first-order valence-electron chi connectivity index (χ1n) is 15.3. The maximum atomic E-state index is 13.6. The van der Waals surface area contributed by atoms with Gasteiger partial charge in [0.25, 0.3) is 10.0 Å². The average molecular weight is 611 g/mol. The van der Waals surface area contributed by atoms with Crippen LogP contribution in [0.15, 0.2) is 53.4 Å².